The highest BCUT2D eigenvalue weighted by Gasteiger charge is 2.59. The van der Waals surface area contributed by atoms with Gasteiger partial charge < -0.3 is 25.5 Å². The van der Waals surface area contributed by atoms with Crippen LogP contribution in [-0.4, -0.2) is 67.0 Å². The molecule has 462 valence electrons. The Balaban J connectivity index is 1.08. The summed E-state index contributed by atoms with van der Waals surface area (Å²) in [6, 6.07) is -0.498. The normalized spacial score (nSPS) is 25.9. The number of phosphoric ester groups is 1. The lowest BCUT2D eigenvalue weighted by molar-refractivity contribution is -0.123. The summed E-state index contributed by atoms with van der Waals surface area (Å²) in [6.45, 7) is 18.6. The van der Waals surface area contributed by atoms with Crippen molar-refractivity contribution in [3.8, 4) is 0 Å². The Morgan fingerprint density at radius 2 is 1.30 bits per heavy atom. The fraction of sp³-hybridized carbons (Fsp3) is 0.926. The summed E-state index contributed by atoms with van der Waals surface area (Å²) in [6.07, 6.45) is 54.6. The van der Waals surface area contributed by atoms with Gasteiger partial charge in [0.15, 0.2) is 0 Å². The molecule has 11 atom stereocenters. The Morgan fingerprint density at radius 1 is 0.696 bits per heavy atom. The van der Waals surface area contributed by atoms with Crippen molar-refractivity contribution in [3.63, 3.8) is 0 Å². The lowest BCUT2D eigenvalue weighted by Crippen LogP contribution is -2.51. The van der Waals surface area contributed by atoms with Crippen LogP contribution in [0.1, 0.15) is 305 Å². The van der Waals surface area contributed by atoms with E-state index in [1.54, 1.807) is 11.6 Å². The number of aliphatic hydroxyl groups excluding tert-OH is 1. The Morgan fingerprint density at radius 3 is 1.92 bits per heavy atom. The predicted octanol–water partition coefficient (Wildman–Crippen LogP) is 18.4. The van der Waals surface area contributed by atoms with Crippen LogP contribution in [0.15, 0.2) is 23.8 Å². The van der Waals surface area contributed by atoms with E-state index in [0.29, 0.717) is 36.4 Å². The van der Waals surface area contributed by atoms with E-state index in [9.17, 15) is 19.4 Å². The summed E-state index contributed by atoms with van der Waals surface area (Å²) in [5, 5.41) is 17.4. The van der Waals surface area contributed by atoms with Crippen molar-refractivity contribution >= 4 is 13.7 Å². The lowest BCUT2D eigenvalue weighted by Gasteiger charge is -2.58. The molecule has 0 heterocycles. The second-order valence-electron chi connectivity index (χ2n) is 27.0. The van der Waals surface area contributed by atoms with Crippen molar-refractivity contribution in [2.45, 2.75) is 323 Å². The second kappa shape index (κ2) is 41.0. The third kappa shape index (κ3) is 27.2. The summed E-state index contributed by atoms with van der Waals surface area (Å²) in [5.41, 5.74) is 6.01. The smallest absolute Gasteiger partial charge is 0.387 e. The van der Waals surface area contributed by atoms with E-state index in [0.717, 1.165) is 99.8 Å². The van der Waals surface area contributed by atoms with Crippen LogP contribution in [0.5, 0.6) is 0 Å². The minimum Gasteiger partial charge on any atom is -0.387 e. The molecule has 79 heavy (non-hydrogen) atoms. The molecule has 4 aliphatic rings. The van der Waals surface area contributed by atoms with Gasteiger partial charge in [0.25, 0.3) is 0 Å². The Labute approximate surface area is 487 Å². The fourth-order valence-electron chi connectivity index (χ4n) is 15.2. The molecule has 0 radical (unpaired) electrons. The van der Waals surface area contributed by atoms with Gasteiger partial charge in [-0.05, 0) is 136 Å². The highest BCUT2D eigenvalue weighted by atomic mass is 31.2. The van der Waals surface area contributed by atoms with Crippen molar-refractivity contribution in [1.29, 1.82) is 0 Å². The first-order valence-electron chi connectivity index (χ1n) is 34.3. The number of nitrogens with one attached hydrogen (secondary N) is 3. The topological polar surface area (TPSA) is 138 Å². The van der Waals surface area contributed by atoms with Gasteiger partial charge in [-0.25, -0.2) is 4.57 Å². The standard InChI is InChI=1S/C68H128N3O7P/c1-8-10-12-14-16-18-20-22-24-26-28-30-32-34-41-66(73)70-64(65(72)40-33-31-29-27-25-23-21-19-17-15-13-11-9-2)55-78-79(74,75)77-53-51-69-50-35-36-52-76-71-59-46-48-67(6)58(54-59)42-43-60-62-45-44-61(57(5)39-37-38-56(3)4)68(62,7)49-47-63(60)67/h33,40,42,56-57,59-65,69,71-72H,8-32,34-39,41,43-55H2,1-7H3,(H,70,73)(H,74,75)/b40-33+/t57-,59+,60+,61-,62+,63+,64-,65+,67+,68-/m1/s1. The predicted molar refractivity (Wildman–Crippen MR) is 333 cm³/mol. The molecule has 0 aliphatic heterocycles. The molecule has 1 unspecified atom stereocenters. The van der Waals surface area contributed by atoms with Crippen LogP contribution in [0, 0.1) is 46.3 Å². The van der Waals surface area contributed by atoms with Crippen molar-refractivity contribution in [1.82, 2.24) is 16.1 Å². The molecule has 3 fully saturated rings. The molecule has 4 rings (SSSR count). The zero-order valence-electron chi connectivity index (χ0n) is 52.6. The van der Waals surface area contributed by atoms with E-state index >= 15 is 0 Å². The third-order valence-electron chi connectivity index (χ3n) is 20.2. The molecule has 0 aromatic heterocycles. The molecule has 3 saturated carbocycles. The lowest BCUT2D eigenvalue weighted by atomic mass is 9.47. The number of allylic oxidation sites excluding steroid dienone is 2. The van der Waals surface area contributed by atoms with Gasteiger partial charge in [-0.3, -0.25) is 13.8 Å². The van der Waals surface area contributed by atoms with E-state index in [1.807, 2.05) is 6.08 Å². The molecule has 0 bridgehead atoms. The number of fused-ring (bicyclic) bond motifs is 5. The number of hydroxylamine groups is 1. The SMILES string of the molecule is CCCCCCCCCCCCC/C=C/[C@H](O)[C@@H](COP(=O)(O)OCCNCCCCON[C@H]1CC[C@@]2(C)C(=CC[C@H]3[C@@H]4CC[C@H]([C@H](C)CCCC(C)C)[C@@]4(C)CC[C@@H]32)C1)NC(=O)CCCCCCCCCCCCCCCC. The summed E-state index contributed by atoms with van der Waals surface area (Å²) in [4.78, 5) is 29.8. The van der Waals surface area contributed by atoms with Gasteiger partial charge in [0, 0.05) is 19.0 Å². The molecule has 0 spiro atoms. The molecule has 0 saturated heterocycles. The molecular formula is C68H128N3O7P. The van der Waals surface area contributed by atoms with Gasteiger partial charge in [0.2, 0.25) is 5.91 Å². The van der Waals surface area contributed by atoms with Gasteiger partial charge >= 0.3 is 7.82 Å². The van der Waals surface area contributed by atoms with Crippen LogP contribution in [0.4, 0.5) is 0 Å². The maximum atomic E-state index is 13.1. The molecule has 5 N–H and O–H groups in total. The maximum Gasteiger partial charge on any atom is 0.472 e. The van der Waals surface area contributed by atoms with Crippen molar-refractivity contribution in [3.05, 3.63) is 23.8 Å². The summed E-state index contributed by atoms with van der Waals surface area (Å²) in [7, 11) is -4.42. The number of hydrogen-bond acceptors (Lipinski definition) is 8. The highest BCUT2D eigenvalue weighted by Crippen LogP contribution is 2.67. The number of phosphoric acid groups is 1. The first kappa shape index (κ1) is 70.4. The number of hydrogen-bond donors (Lipinski definition) is 5. The summed E-state index contributed by atoms with van der Waals surface area (Å²) < 4.78 is 23.7. The highest BCUT2D eigenvalue weighted by molar-refractivity contribution is 7.47. The van der Waals surface area contributed by atoms with Crippen molar-refractivity contribution in [2.24, 2.45) is 46.3 Å². The Bertz CT molecular complexity index is 1680. The Kier molecular flexibility index (Phi) is 36.6. The zero-order chi connectivity index (χ0) is 57.0. The number of aliphatic hydroxyl groups is 1. The van der Waals surface area contributed by atoms with Crippen LogP contribution in [0.25, 0.3) is 0 Å². The van der Waals surface area contributed by atoms with Gasteiger partial charge in [0.1, 0.15) is 0 Å². The van der Waals surface area contributed by atoms with Crippen molar-refractivity contribution < 1.29 is 33.2 Å². The van der Waals surface area contributed by atoms with E-state index in [1.165, 1.54) is 193 Å². The molecule has 10 nitrogen and oxygen atoms in total. The van der Waals surface area contributed by atoms with Gasteiger partial charge in [-0.1, -0.05) is 239 Å². The third-order valence-corrected chi connectivity index (χ3v) is 21.2. The second-order valence-corrected chi connectivity index (χ2v) is 28.5. The number of carbonyl (C=O) groups excluding carboxylic acids is 1. The molecular weight excluding hydrogens is 1000 g/mol. The average Bonchev–Trinajstić information content (AvgIpc) is 4.05. The van der Waals surface area contributed by atoms with Crippen LogP contribution in [0.3, 0.4) is 0 Å². The van der Waals surface area contributed by atoms with Crippen LogP contribution in [-0.2, 0) is 23.2 Å². The molecule has 4 aliphatic carbocycles. The van der Waals surface area contributed by atoms with Crippen molar-refractivity contribution in [2.75, 3.05) is 32.9 Å². The van der Waals surface area contributed by atoms with Gasteiger partial charge in [-0.2, -0.15) is 5.48 Å². The van der Waals surface area contributed by atoms with E-state index in [2.05, 4.69) is 70.7 Å². The molecule has 1 amide bonds. The summed E-state index contributed by atoms with van der Waals surface area (Å²) in [5.74, 6) is 4.98. The number of rotatable bonds is 49. The van der Waals surface area contributed by atoms with E-state index < -0.39 is 20.0 Å². The molecule has 0 aromatic carbocycles. The summed E-state index contributed by atoms with van der Waals surface area (Å²) >= 11 is 0. The monoisotopic (exact) mass is 1130 g/mol. The first-order valence-corrected chi connectivity index (χ1v) is 35.8. The maximum absolute atomic E-state index is 13.1. The van der Waals surface area contributed by atoms with Crippen LogP contribution in [0.2, 0.25) is 0 Å². The first-order chi connectivity index (χ1) is 38.2. The van der Waals surface area contributed by atoms with Crippen LogP contribution >= 0.6 is 7.82 Å². The Hall–Kier alpha value is -1.10. The number of unbranched alkanes of at least 4 members (excludes halogenated alkanes) is 25. The van der Waals surface area contributed by atoms with Gasteiger partial charge in [-0.15, -0.1) is 0 Å². The largest absolute Gasteiger partial charge is 0.472 e. The minimum atomic E-state index is -4.42. The van der Waals surface area contributed by atoms with E-state index in [4.69, 9.17) is 13.9 Å². The van der Waals surface area contributed by atoms with E-state index in [-0.39, 0.29) is 19.1 Å². The number of amides is 1. The fourth-order valence-corrected chi connectivity index (χ4v) is 16.0. The van der Waals surface area contributed by atoms with Gasteiger partial charge in [0.05, 0.1) is 32.0 Å². The number of carbonyl (C=O) groups is 1. The molecule has 0 aromatic rings. The van der Waals surface area contributed by atoms with Crippen LogP contribution < -0.4 is 16.1 Å². The zero-order valence-corrected chi connectivity index (χ0v) is 53.5. The quantitative estimate of drug-likeness (QED) is 0.0174. The minimum absolute atomic E-state index is 0.000280. The molecule has 11 heteroatoms. The average molecular weight is 1130 g/mol.